The molecule has 0 aliphatic heterocycles. The van der Waals surface area contributed by atoms with Crippen molar-refractivity contribution in [2.75, 3.05) is 12.8 Å². The fraction of sp³-hybridized carbons (Fsp3) is 0.438. The van der Waals surface area contributed by atoms with Crippen LogP contribution in [0.5, 0.6) is 0 Å². The molecular weight excluding hydrogens is 316 g/mol. The summed E-state index contributed by atoms with van der Waals surface area (Å²) in [6.07, 6.45) is 1.95. The van der Waals surface area contributed by atoms with Crippen LogP contribution in [0.2, 0.25) is 0 Å². The second-order valence-corrected chi connectivity index (χ2v) is 7.05. The van der Waals surface area contributed by atoms with Gasteiger partial charge in [0.1, 0.15) is 6.04 Å². The summed E-state index contributed by atoms with van der Waals surface area (Å²) in [5.74, 6) is -1.92. The summed E-state index contributed by atoms with van der Waals surface area (Å²) in [6.45, 7) is 3.23. The molecule has 0 aliphatic carbocycles. The molecule has 23 heavy (non-hydrogen) atoms. The Morgan fingerprint density at radius 1 is 1.17 bits per heavy atom. The molecule has 1 atom stereocenters. The van der Waals surface area contributed by atoms with Crippen molar-refractivity contribution in [3.8, 4) is 0 Å². The van der Waals surface area contributed by atoms with Gasteiger partial charge in [0.05, 0.1) is 13.0 Å². The third-order valence-electron chi connectivity index (χ3n) is 3.43. The molecule has 1 aromatic carbocycles. The molecule has 1 aromatic rings. The summed E-state index contributed by atoms with van der Waals surface area (Å²) in [7, 11) is 0. The number of amides is 2. The Balaban J connectivity index is 2.49. The predicted molar refractivity (Wildman–Crippen MR) is 90.3 cm³/mol. The molecule has 1 unspecified atom stereocenters. The number of nitrogens with one attached hydrogen (secondary N) is 2. The van der Waals surface area contributed by atoms with Crippen LogP contribution in [0.4, 0.5) is 0 Å². The SMILES string of the molecule is CSC(C)(C)C(NC(=O)CNC(=O)Cc1ccccc1)C(=O)O. The number of hydrogen-bond donors (Lipinski definition) is 3. The molecule has 0 saturated heterocycles. The average Bonchev–Trinajstić information content (AvgIpc) is 2.51. The second-order valence-electron chi connectivity index (χ2n) is 5.59. The zero-order valence-electron chi connectivity index (χ0n) is 13.5. The third-order valence-corrected chi connectivity index (χ3v) is 4.72. The smallest absolute Gasteiger partial charge is 0.327 e. The maximum atomic E-state index is 11.9. The van der Waals surface area contributed by atoms with Crippen LogP contribution in [0.25, 0.3) is 0 Å². The third kappa shape index (κ3) is 6.32. The Morgan fingerprint density at radius 3 is 2.30 bits per heavy atom. The van der Waals surface area contributed by atoms with Gasteiger partial charge in [-0.15, -0.1) is 0 Å². The van der Waals surface area contributed by atoms with E-state index in [0.29, 0.717) is 0 Å². The first kappa shape index (κ1) is 19.0. The summed E-state index contributed by atoms with van der Waals surface area (Å²) < 4.78 is -0.657. The molecule has 1 rings (SSSR count). The van der Waals surface area contributed by atoms with Gasteiger partial charge in [0.15, 0.2) is 0 Å². The summed E-state index contributed by atoms with van der Waals surface area (Å²) in [5.41, 5.74) is 0.845. The first-order valence-electron chi connectivity index (χ1n) is 7.14. The Labute approximate surface area is 140 Å². The van der Waals surface area contributed by atoms with Gasteiger partial charge in [0, 0.05) is 4.75 Å². The standard InChI is InChI=1S/C16H22N2O4S/c1-16(2,23-3)14(15(21)22)18-13(20)10-17-12(19)9-11-7-5-4-6-8-11/h4-8,14H,9-10H2,1-3H3,(H,17,19)(H,18,20)(H,21,22). The fourth-order valence-electron chi connectivity index (χ4n) is 1.89. The Bertz CT molecular complexity index is 560. The molecule has 0 radical (unpaired) electrons. The molecule has 7 heteroatoms. The largest absolute Gasteiger partial charge is 0.480 e. The lowest BCUT2D eigenvalue weighted by Crippen LogP contribution is -2.54. The van der Waals surface area contributed by atoms with Crippen LogP contribution >= 0.6 is 11.8 Å². The van der Waals surface area contributed by atoms with E-state index in [1.54, 1.807) is 20.1 Å². The van der Waals surface area contributed by atoms with E-state index < -0.39 is 22.7 Å². The normalized spacial score (nSPS) is 12.3. The minimum absolute atomic E-state index is 0.173. The van der Waals surface area contributed by atoms with E-state index in [1.165, 1.54) is 11.8 Å². The van der Waals surface area contributed by atoms with E-state index in [0.717, 1.165) is 5.56 Å². The van der Waals surface area contributed by atoms with Crippen LogP contribution in [-0.4, -0.2) is 46.5 Å². The molecule has 0 saturated carbocycles. The van der Waals surface area contributed by atoms with Crippen molar-refractivity contribution in [2.24, 2.45) is 0 Å². The molecule has 3 N–H and O–H groups in total. The van der Waals surface area contributed by atoms with Gasteiger partial charge in [-0.05, 0) is 25.7 Å². The van der Waals surface area contributed by atoms with Crippen molar-refractivity contribution in [1.29, 1.82) is 0 Å². The molecule has 6 nitrogen and oxygen atoms in total. The summed E-state index contributed by atoms with van der Waals surface area (Å²) in [5, 5.41) is 14.2. The zero-order valence-corrected chi connectivity index (χ0v) is 14.3. The van der Waals surface area contributed by atoms with Gasteiger partial charge in [0.2, 0.25) is 11.8 Å². The molecule has 0 spiro atoms. The van der Waals surface area contributed by atoms with Gasteiger partial charge < -0.3 is 15.7 Å². The molecule has 0 bridgehead atoms. The van der Waals surface area contributed by atoms with Gasteiger partial charge in [-0.1, -0.05) is 30.3 Å². The van der Waals surface area contributed by atoms with E-state index in [2.05, 4.69) is 10.6 Å². The predicted octanol–water partition coefficient (Wildman–Crippen LogP) is 1.06. The highest BCUT2D eigenvalue weighted by Gasteiger charge is 2.35. The number of carbonyl (C=O) groups is 3. The lowest BCUT2D eigenvalue weighted by molar-refractivity contribution is -0.142. The number of thioether (sulfide) groups is 1. The van der Waals surface area contributed by atoms with Crippen LogP contribution < -0.4 is 10.6 Å². The van der Waals surface area contributed by atoms with Crippen molar-refractivity contribution in [3.63, 3.8) is 0 Å². The van der Waals surface area contributed by atoms with Crippen molar-refractivity contribution in [1.82, 2.24) is 10.6 Å². The van der Waals surface area contributed by atoms with Crippen LogP contribution in [0.3, 0.4) is 0 Å². The van der Waals surface area contributed by atoms with Gasteiger partial charge >= 0.3 is 5.97 Å². The number of carboxylic acids is 1. The highest BCUT2D eigenvalue weighted by Crippen LogP contribution is 2.25. The zero-order chi connectivity index (χ0) is 17.5. The van der Waals surface area contributed by atoms with E-state index in [9.17, 15) is 19.5 Å². The molecule has 2 amide bonds. The van der Waals surface area contributed by atoms with E-state index in [1.807, 2.05) is 30.3 Å². The van der Waals surface area contributed by atoms with Crippen LogP contribution in [-0.2, 0) is 20.8 Å². The molecular formula is C16H22N2O4S. The van der Waals surface area contributed by atoms with Gasteiger partial charge in [0.25, 0.3) is 0 Å². The monoisotopic (exact) mass is 338 g/mol. The van der Waals surface area contributed by atoms with Gasteiger partial charge in [-0.25, -0.2) is 4.79 Å². The molecule has 126 valence electrons. The highest BCUT2D eigenvalue weighted by atomic mass is 32.2. The van der Waals surface area contributed by atoms with Crippen molar-refractivity contribution in [3.05, 3.63) is 35.9 Å². The summed E-state index contributed by atoms with van der Waals surface area (Å²) >= 11 is 1.35. The molecule has 0 heterocycles. The minimum Gasteiger partial charge on any atom is -0.480 e. The molecule has 0 aromatic heterocycles. The quantitative estimate of drug-likeness (QED) is 0.659. The number of hydrogen-bond acceptors (Lipinski definition) is 4. The average molecular weight is 338 g/mol. The fourth-order valence-corrected chi connectivity index (χ4v) is 2.28. The van der Waals surface area contributed by atoms with Crippen molar-refractivity contribution < 1.29 is 19.5 Å². The maximum absolute atomic E-state index is 11.9. The lowest BCUT2D eigenvalue weighted by atomic mass is 10.0. The topological polar surface area (TPSA) is 95.5 Å². The first-order chi connectivity index (χ1) is 10.8. The van der Waals surface area contributed by atoms with Crippen molar-refractivity contribution >= 4 is 29.5 Å². The highest BCUT2D eigenvalue weighted by molar-refractivity contribution is 8.00. The number of rotatable bonds is 8. The Hall–Kier alpha value is -2.02. The minimum atomic E-state index is -1.10. The molecule has 0 aliphatic rings. The number of carbonyl (C=O) groups excluding carboxylic acids is 2. The van der Waals surface area contributed by atoms with Gasteiger partial charge in [-0.3, -0.25) is 9.59 Å². The van der Waals surface area contributed by atoms with E-state index in [4.69, 9.17) is 0 Å². The Morgan fingerprint density at radius 2 is 1.78 bits per heavy atom. The Kier molecular flexibility index (Phi) is 7.09. The van der Waals surface area contributed by atoms with Crippen LogP contribution in [0.15, 0.2) is 30.3 Å². The number of aliphatic carboxylic acids is 1. The number of carboxylic acid groups (broad SMARTS) is 1. The lowest BCUT2D eigenvalue weighted by Gasteiger charge is -2.30. The van der Waals surface area contributed by atoms with E-state index in [-0.39, 0.29) is 18.9 Å². The van der Waals surface area contributed by atoms with Crippen molar-refractivity contribution in [2.45, 2.75) is 31.1 Å². The van der Waals surface area contributed by atoms with E-state index >= 15 is 0 Å². The number of benzene rings is 1. The maximum Gasteiger partial charge on any atom is 0.327 e. The molecule has 0 fully saturated rings. The summed E-state index contributed by atoms with van der Waals surface area (Å²) in [6, 6.07) is 8.13. The van der Waals surface area contributed by atoms with Gasteiger partial charge in [-0.2, -0.15) is 11.8 Å². The second kappa shape index (κ2) is 8.57. The summed E-state index contributed by atoms with van der Waals surface area (Å²) in [4.78, 5) is 35.0. The van der Waals surface area contributed by atoms with Crippen LogP contribution in [0, 0.1) is 0 Å². The van der Waals surface area contributed by atoms with Crippen LogP contribution in [0.1, 0.15) is 19.4 Å². The first-order valence-corrected chi connectivity index (χ1v) is 8.36.